The maximum absolute atomic E-state index is 5.97. The van der Waals surface area contributed by atoms with Gasteiger partial charge >= 0.3 is 0 Å². The molecular weight excluding hydrogens is 302 g/mol. The van der Waals surface area contributed by atoms with Gasteiger partial charge in [0.25, 0.3) is 0 Å². The molecule has 5 heteroatoms. The van der Waals surface area contributed by atoms with Gasteiger partial charge in [0.1, 0.15) is 0 Å². The zero-order valence-corrected chi connectivity index (χ0v) is 16.3. The fourth-order valence-corrected chi connectivity index (χ4v) is 2.77. The fourth-order valence-electron chi connectivity index (χ4n) is 2.77. The van der Waals surface area contributed by atoms with E-state index in [1.54, 1.807) is 7.11 Å². The molecule has 0 bridgehead atoms. The lowest BCUT2D eigenvalue weighted by Gasteiger charge is -2.22. The van der Waals surface area contributed by atoms with E-state index in [1.807, 2.05) is 13.8 Å². The van der Waals surface area contributed by atoms with Gasteiger partial charge in [-0.1, -0.05) is 19.3 Å². The summed E-state index contributed by atoms with van der Waals surface area (Å²) in [5, 5.41) is 6.68. The monoisotopic (exact) mass is 341 g/mol. The van der Waals surface area contributed by atoms with Crippen LogP contribution in [0.1, 0.15) is 72.1 Å². The van der Waals surface area contributed by atoms with Crippen LogP contribution in [0.2, 0.25) is 0 Å². The standard InChI is InChI=1S/C19H39N3O2/c1-5-20-18(22-16-19(2,3)23-4)21-14-10-7-11-15-24-17-12-8-6-9-13-17/h17H,5-16H2,1-4H3,(H2,20,21,22). The molecule has 142 valence electrons. The fraction of sp³-hybridized carbons (Fsp3) is 0.947. The van der Waals surface area contributed by atoms with Gasteiger partial charge in [0, 0.05) is 26.8 Å². The van der Waals surface area contributed by atoms with E-state index < -0.39 is 0 Å². The normalized spacial score (nSPS) is 17.1. The molecule has 5 nitrogen and oxygen atoms in total. The molecule has 1 aliphatic rings. The molecule has 1 saturated carbocycles. The van der Waals surface area contributed by atoms with E-state index in [2.05, 4.69) is 22.5 Å². The molecule has 1 fully saturated rings. The highest BCUT2D eigenvalue weighted by Crippen LogP contribution is 2.20. The van der Waals surface area contributed by atoms with Crippen molar-refractivity contribution in [1.82, 2.24) is 10.6 Å². The van der Waals surface area contributed by atoms with Crippen molar-refractivity contribution in [2.45, 2.75) is 83.8 Å². The van der Waals surface area contributed by atoms with Crippen LogP contribution >= 0.6 is 0 Å². The Labute approximate surface area is 149 Å². The average Bonchev–Trinajstić information content (AvgIpc) is 2.59. The third-order valence-corrected chi connectivity index (χ3v) is 4.53. The lowest BCUT2D eigenvalue weighted by molar-refractivity contribution is 0.0263. The number of nitrogens with zero attached hydrogens (tertiary/aromatic N) is 1. The molecule has 1 aliphatic carbocycles. The second kappa shape index (κ2) is 12.5. The lowest BCUT2D eigenvalue weighted by Crippen LogP contribution is -2.39. The predicted molar refractivity (Wildman–Crippen MR) is 102 cm³/mol. The smallest absolute Gasteiger partial charge is 0.191 e. The molecule has 0 heterocycles. The first-order chi connectivity index (χ1) is 11.6. The summed E-state index contributed by atoms with van der Waals surface area (Å²) in [6.07, 6.45) is 10.7. The summed E-state index contributed by atoms with van der Waals surface area (Å²) < 4.78 is 11.4. The number of ether oxygens (including phenoxy) is 2. The van der Waals surface area contributed by atoms with Crippen LogP contribution in [0.5, 0.6) is 0 Å². The van der Waals surface area contributed by atoms with E-state index in [1.165, 1.54) is 38.5 Å². The van der Waals surface area contributed by atoms with Crippen molar-refractivity contribution in [3.8, 4) is 0 Å². The first kappa shape index (κ1) is 21.2. The zero-order valence-electron chi connectivity index (χ0n) is 16.3. The van der Waals surface area contributed by atoms with E-state index >= 15 is 0 Å². The van der Waals surface area contributed by atoms with Crippen LogP contribution in [0.4, 0.5) is 0 Å². The molecule has 0 aliphatic heterocycles. The Kier molecular flexibility index (Phi) is 11.1. The zero-order chi connectivity index (χ0) is 17.7. The molecule has 0 amide bonds. The van der Waals surface area contributed by atoms with Crippen molar-refractivity contribution in [3.05, 3.63) is 0 Å². The molecule has 0 aromatic rings. The molecule has 0 aromatic heterocycles. The summed E-state index contributed by atoms with van der Waals surface area (Å²) >= 11 is 0. The van der Waals surface area contributed by atoms with E-state index in [9.17, 15) is 0 Å². The van der Waals surface area contributed by atoms with Crippen molar-refractivity contribution in [1.29, 1.82) is 0 Å². The minimum atomic E-state index is -0.223. The van der Waals surface area contributed by atoms with Gasteiger partial charge in [0.05, 0.1) is 18.2 Å². The molecule has 0 spiro atoms. The topological polar surface area (TPSA) is 54.9 Å². The van der Waals surface area contributed by atoms with Gasteiger partial charge in [0.15, 0.2) is 5.96 Å². The number of guanidine groups is 1. The highest BCUT2D eigenvalue weighted by Gasteiger charge is 2.15. The number of aliphatic imine (C=N–C) groups is 1. The summed E-state index contributed by atoms with van der Waals surface area (Å²) in [5.41, 5.74) is -0.223. The van der Waals surface area contributed by atoms with E-state index in [0.717, 1.165) is 38.5 Å². The van der Waals surface area contributed by atoms with E-state index in [-0.39, 0.29) is 5.60 Å². The van der Waals surface area contributed by atoms with Crippen molar-refractivity contribution in [2.75, 3.05) is 33.4 Å². The van der Waals surface area contributed by atoms with Crippen molar-refractivity contribution < 1.29 is 9.47 Å². The van der Waals surface area contributed by atoms with Crippen LogP contribution in [0.3, 0.4) is 0 Å². The molecule has 2 N–H and O–H groups in total. The van der Waals surface area contributed by atoms with Crippen LogP contribution in [0.15, 0.2) is 4.99 Å². The lowest BCUT2D eigenvalue weighted by atomic mass is 9.98. The highest BCUT2D eigenvalue weighted by molar-refractivity contribution is 5.79. The first-order valence-corrected chi connectivity index (χ1v) is 9.76. The van der Waals surface area contributed by atoms with Crippen molar-refractivity contribution in [2.24, 2.45) is 4.99 Å². The highest BCUT2D eigenvalue weighted by atomic mass is 16.5. The SMILES string of the molecule is CCNC(=NCC(C)(C)OC)NCCCCCOC1CCCCC1. The van der Waals surface area contributed by atoms with Crippen molar-refractivity contribution >= 4 is 5.96 Å². The third kappa shape index (κ3) is 10.1. The summed E-state index contributed by atoms with van der Waals surface area (Å²) in [6, 6.07) is 0. The van der Waals surface area contributed by atoms with Crippen molar-refractivity contribution in [3.63, 3.8) is 0 Å². The number of methoxy groups -OCH3 is 1. The van der Waals surface area contributed by atoms with Gasteiger partial charge in [0.2, 0.25) is 0 Å². The third-order valence-electron chi connectivity index (χ3n) is 4.53. The van der Waals surface area contributed by atoms with Gasteiger partial charge in [-0.15, -0.1) is 0 Å². The van der Waals surface area contributed by atoms with Crippen LogP contribution in [0.25, 0.3) is 0 Å². The molecule has 0 aromatic carbocycles. The quantitative estimate of drug-likeness (QED) is 0.343. The van der Waals surface area contributed by atoms with Gasteiger partial charge in [-0.25, -0.2) is 0 Å². The minimum absolute atomic E-state index is 0.223. The molecule has 0 unspecified atom stereocenters. The number of hydrogen-bond acceptors (Lipinski definition) is 3. The van der Waals surface area contributed by atoms with Crippen LogP contribution in [-0.2, 0) is 9.47 Å². The first-order valence-electron chi connectivity index (χ1n) is 9.76. The van der Waals surface area contributed by atoms with Gasteiger partial charge < -0.3 is 20.1 Å². The Morgan fingerprint density at radius 3 is 2.50 bits per heavy atom. The second-order valence-corrected chi connectivity index (χ2v) is 7.28. The number of nitrogens with one attached hydrogen (secondary N) is 2. The second-order valence-electron chi connectivity index (χ2n) is 7.28. The van der Waals surface area contributed by atoms with E-state index in [4.69, 9.17) is 9.47 Å². The number of rotatable bonds is 11. The summed E-state index contributed by atoms with van der Waals surface area (Å²) in [7, 11) is 1.73. The van der Waals surface area contributed by atoms with Gasteiger partial charge in [-0.3, -0.25) is 4.99 Å². The van der Waals surface area contributed by atoms with Gasteiger partial charge in [-0.05, 0) is 52.9 Å². The molecule has 0 saturated heterocycles. The summed E-state index contributed by atoms with van der Waals surface area (Å²) in [4.78, 5) is 4.60. The molecular formula is C19H39N3O2. The molecule has 0 atom stereocenters. The maximum Gasteiger partial charge on any atom is 0.191 e. The van der Waals surface area contributed by atoms with Crippen LogP contribution < -0.4 is 10.6 Å². The Balaban J connectivity index is 2.08. The summed E-state index contributed by atoms with van der Waals surface area (Å²) in [6.45, 7) is 9.56. The van der Waals surface area contributed by atoms with E-state index in [0.29, 0.717) is 12.6 Å². The Bertz CT molecular complexity index is 340. The van der Waals surface area contributed by atoms with Crippen LogP contribution in [0, 0.1) is 0 Å². The largest absolute Gasteiger partial charge is 0.378 e. The number of hydrogen-bond donors (Lipinski definition) is 2. The van der Waals surface area contributed by atoms with Gasteiger partial charge in [-0.2, -0.15) is 0 Å². The molecule has 24 heavy (non-hydrogen) atoms. The average molecular weight is 342 g/mol. The number of unbranched alkanes of at least 4 members (excludes halogenated alkanes) is 2. The molecule has 0 radical (unpaired) electrons. The minimum Gasteiger partial charge on any atom is -0.378 e. The Hall–Kier alpha value is -0.810. The predicted octanol–water partition coefficient (Wildman–Crippen LogP) is 3.49. The molecule has 1 rings (SSSR count). The van der Waals surface area contributed by atoms with Crippen LogP contribution in [-0.4, -0.2) is 51.0 Å². The maximum atomic E-state index is 5.97. The Morgan fingerprint density at radius 1 is 1.08 bits per heavy atom. The Morgan fingerprint density at radius 2 is 1.83 bits per heavy atom. The summed E-state index contributed by atoms with van der Waals surface area (Å²) in [5.74, 6) is 0.876.